The van der Waals surface area contributed by atoms with E-state index >= 15 is 0 Å². The van der Waals surface area contributed by atoms with Gasteiger partial charge in [0, 0.05) is 25.7 Å². The van der Waals surface area contributed by atoms with Crippen molar-refractivity contribution in [3.05, 3.63) is 0 Å². The van der Waals surface area contributed by atoms with Gasteiger partial charge in [0.25, 0.3) is 0 Å². The molecule has 0 aromatic carbocycles. The third-order valence-corrected chi connectivity index (χ3v) is 6.04. The van der Waals surface area contributed by atoms with Crippen LogP contribution in [0.2, 0.25) is 0 Å². The molecule has 4 nitrogen and oxygen atoms in total. The number of piperidine rings is 1. The van der Waals surface area contributed by atoms with Crippen LogP contribution < -0.4 is 5.32 Å². The van der Waals surface area contributed by atoms with Crippen LogP contribution in [0.4, 0.5) is 0 Å². The third-order valence-electron chi connectivity index (χ3n) is 6.04. The largest absolute Gasteiger partial charge is 0.481 e. The molecule has 0 radical (unpaired) electrons. The quantitative estimate of drug-likeness (QED) is 0.792. The second-order valence-corrected chi connectivity index (χ2v) is 7.90. The van der Waals surface area contributed by atoms with Gasteiger partial charge in [-0.25, -0.2) is 0 Å². The van der Waals surface area contributed by atoms with Gasteiger partial charge in [-0.2, -0.15) is 0 Å². The van der Waals surface area contributed by atoms with E-state index in [2.05, 4.69) is 10.2 Å². The molecule has 1 saturated heterocycles. The Balaban J connectivity index is 1.48. The van der Waals surface area contributed by atoms with Gasteiger partial charge in [0.1, 0.15) is 0 Å². The summed E-state index contributed by atoms with van der Waals surface area (Å²) in [6.07, 6.45) is 11.7. The fourth-order valence-electron chi connectivity index (χ4n) is 4.43. The van der Waals surface area contributed by atoms with Crippen LogP contribution in [0.5, 0.6) is 0 Å². The molecular weight excluding hydrogens is 276 g/mol. The Morgan fingerprint density at radius 3 is 2.36 bits per heavy atom. The molecule has 2 N–H and O–H groups in total. The predicted molar refractivity (Wildman–Crippen MR) is 87.9 cm³/mol. The molecule has 2 aliphatic carbocycles. The van der Waals surface area contributed by atoms with Crippen LogP contribution in [0.1, 0.15) is 57.8 Å². The second kappa shape index (κ2) is 7.78. The Morgan fingerprint density at radius 1 is 1.00 bits per heavy atom. The van der Waals surface area contributed by atoms with Crippen molar-refractivity contribution < 1.29 is 9.90 Å². The molecule has 3 rings (SSSR count). The van der Waals surface area contributed by atoms with Crippen molar-refractivity contribution >= 4 is 5.97 Å². The summed E-state index contributed by atoms with van der Waals surface area (Å²) in [5, 5.41) is 13.2. The van der Waals surface area contributed by atoms with Gasteiger partial charge < -0.3 is 15.3 Å². The highest BCUT2D eigenvalue weighted by molar-refractivity contribution is 5.70. The predicted octanol–water partition coefficient (Wildman–Crippen LogP) is 2.73. The van der Waals surface area contributed by atoms with Gasteiger partial charge in [-0.15, -0.1) is 0 Å². The van der Waals surface area contributed by atoms with Crippen LogP contribution in [-0.2, 0) is 4.79 Å². The van der Waals surface area contributed by atoms with Crippen molar-refractivity contribution in [2.75, 3.05) is 26.2 Å². The number of carboxylic acid groups (broad SMARTS) is 1. The average Bonchev–Trinajstić information content (AvgIpc) is 2.50. The number of rotatable bonds is 6. The standard InChI is InChI=1S/C18H32N2O2/c21-18(22)16-9-17(19-10-14-5-2-1-3-6-14)13-20(12-16)11-15-7-4-8-15/h14-17,19H,1-13H2,(H,21,22). The fourth-order valence-corrected chi connectivity index (χ4v) is 4.43. The molecule has 0 aromatic heterocycles. The van der Waals surface area contributed by atoms with Crippen molar-refractivity contribution in [1.82, 2.24) is 10.2 Å². The maximum atomic E-state index is 11.5. The molecule has 1 aliphatic heterocycles. The van der Waals surface area contributed by atoms with Gasteiger partial charge in [-0.3, -0.25) is 4.79 Å². The monoisotopic (exact) mass is 308 g/mol. The lowest BCUT2D eigenvalue weighted by Gasteiger charge is -2.40. The highest BCUT2D eigenvalue weighted by Crippen LogP contribution is 2.29. The summed E-state index contributed by atoms with van der Waals surface area (Å²) in [6, 6.07) is 0.372. The fraction of sp³-hybridized carbons (Fsp3) is 0.944. The SMILES string of the molecule is O=C(O)C1CC(NCC2CCCCC2)CN(CC2CCC2)C1. The Labute approximate surface area is 134 Å². The molecule has 2 saturated carbocycles. The number of carbonyl (C=O) groups is 1. The molecule has 3 aliphatic rings. The molecule has 2 unspecified atom stereocenters. The molecular formula is C18H32N2O2. The lowest BCUT2D eigenvalue weighted by atomic mass is 9.84. The minimum absolute atomic E-state index is 0.183. The molecule has 0 aromatic rings. The number of nitrogens with zero attached hydrogens (tertiary/aromatic N) is 1. The Bertz CT molecular complexity index is 364. The zero-order valence-corrected chi connectivity index (χ0v) is 13.8. The van der Waals surface area contributed by atoms with Gasteiger partial charge in [0.2, 0.25) is 0 Å². The van der Waals surface area contributed by atoms with E-state index in [9.17, 15) is 9.90 Å². The highest BCUT2D eigenvalue weighted by Gasteiger charge is 2.33. The van der Waals surface area contributed by atoms with Gasteiger partial charge in [-0.05, 0) is 50.5 Å². The van der Waals surface area contributed by atoms with Crippen molar-refractivity contribution in [2.24, 2.45) is 17.8 Å². The summed E-state index contributed by atoms with van der Waals surface area (Å²) in [5.41, 5.74) is 0. The molecule has 1 heterocycles. The maximum absolute atomic E-state index is 11.5. The Kier molecular flexibility index (Phi) is 5.75. The van der Waals surface area contributed by atoms with Crippen molar-refractivity contribution in [3.8, 4) is 0 Å². The normalized spacial score (nSPS) is 31.8. The van der Waals surface area contributed by atoms with E-state index in [1.165, 1.54) is 51.4 Å². The summed E-state index contributed by atoms with van der Waals surface area (Å²) < 4.78 is 0. The molecule has 0 spiro atoms. The van der Waals surface area contributed by atoms with Gasteiger partial charge in [0.05, 0.1) is 5.92 Å². The van der Waals surface area contributed by atoms with Crippen LogP contribution in [0.25, 0.3) is 0 Å². The highest BCUT2D eigenvalue weighted by atomic mass is 16.4. The molecule has 22 heavy (non-hydrogen) atoms. The van der Waals surface area contributed by atoms with E-state index in [1.54, 1.807) is 0 Å². The van der Waals surface area contributed by atoms with E-state index in [1.807, 2.05) is 0 Å². The molecule has 0 bridgehead atoms. The van der Waals surface area contributed by atoms with Crippen LogP contribution in [-0.4, -0.2) is 48.2 Å². The molecule has 0 amide bonds. The zero-order chi connectivity index (χ0) is 15.4. The number of carboxylic acids is 1. The van der Waals surface area contributed by atoms with E-state index in [-0.39, 0.29) is 5.92 Å². The topological polar surface area (TPSA) is 52.6 Å². The molecule has 126 valence electrons. The summed E-state index contributed by atoms with van der Waals surface area (Å²) in [5.74, 6) is 0.853. The maximum Gasteiger partial charge on any atom is 0.307 e. The summed E-state index contributed by atoms with van der Waals surface area (Å²) in [7, 11) is 0. The number of hydrogen-bond acceptors (Lipinski definition) is 3. The van der Waals surface area contributed by atoms with Crippen LogP contribution in [0, 0.1) is 17.8 Å². The van der Waals surface area contributed by atoms with Crippen LogP contribution in [0.3, 0.4) is 0 Å². The van der Waals surface area contributed by atoms with Crippen LogP contribution in [0.15, 0.2) is 0 Å². The van der Waals surface area contributed by atoms with Gasteiger partial charge in [0.15, 0.2) is 0 Å². The first-order chi connectivity index (χ1) is 10.7. The van der Waals surface area contributed by atoms with Crippen molar-refractivity contribution in [2.45, 2.75) is 63.8 Å². The third kappa shape index (κ3) is 4.45. The first-order valence-corrected chi connectivity index (χ1v) is 9.39. The van der Waals surface area contributed by atoms with Crippen molar-refractivity contribution in [3.63, 3.8) is 0 Å². The second-order valence-electron chi connectivity index (χ2n) is 7.90. The van der Waals surface area contributed by atoms with Gasteiger partial charge >= 0.3 is 5.97 Å². The summed E-state index contributed by atoms with van der Waals surface area (Å²) >= 11 is 0. The van der Waals surface area contributed by atoms with E-state index in [0.29, 0.717) is 6.04 Å². The number of likely N-dealkylation sites (tertiary alicyclic amines) is 1. The first-order valence-electron chi connectivity index (χ1n) is 9.39. The first kappa shape index (κ1) is 16.3. The number of aliphatic carboxylic acids is 1. The zero-order valence-electron chi connectivity index (χ0n) is 13.8. The lowest BCUT2D eigenvalue weighted by Crippen LogP contribution is -2.53. The minimum Gasteiger partial charge on any atom is -0.481 e. The van der Waals surface area contributed by atoms with E-state index < -0.39 is 5.97 Å². The Hall–Kier alpha value is -0.610. The van der Waals surface area contributed by atoms with Gasteiger partial charge in [-0.1, -0.05) is 25.7 Å². The average molecular weight is 308 g/mol. The smallest absolute Gasteiger partial charge is 0.307 e. The number of hydrogen-bond donors (Lipinski definition) is 2. The number of nitrogens with one attached hydrogen (secondary N) is 1. The lowest BCUT2D eigenvalue weighted by molar-refractivity contribution is -0.144. The molecule has 4 heteroatoms. The molecule has 2 atom stereocenters. The van der Waals surface area contributed by atoms with Crippen LogP contribution >= 0.6 is 0 Å². The molecule has 3 fully saturated rings. The minimum atomic E-state index is -0.609. The van der Waals surface area contributed by atoms with E-state index in [4.69, 9.17) is 0 Å². The Morgan fingerprint density at radius 2 is 1.73 bits per heavy atom. The summed E-state index contributed by atoms with van der Waals surface area (Å²) in [4.78, 5) is 13.9. The van der Waals surface area contributed by atoms with E-state index in [0.717, 1.165) is 44.4 Å². The summed E-state index contributed by atoms with van der Waals surface area (Å²) in [6.45, 7) is 4.01. The van der Waals surface area contributed by atoms with Crippen molar-refractivity contribution in [1.29, 1.82) is 0 Å².